The van der Waals surface area contributed by atoms with Crippen molar-refractivity contribution in [3.63, 3.8) is 0 Å². The van der Waals surface area contributed by atoms with Crippen LogP contribution in [0.1, 0.15) is 12.6 Å². The molecule has 1 heterocycles. The van der Waals surface area contributed by atoms with Gasteiger partial charge in [-0.15, -0.1) is 0 Å². The van der Waals surface area contributed by atoms with Crippen molar-refractivity contribution in [2.45, 2.75) is 13.3 Å². The summed E-state index contributed by atoms with van der Waals surface area (Å²) in [6.07, 6.45) is 0.824. The second-order valence-electron chi connectivity index (χ2n) is 3.09. The first-order valence-corrected chi connectivity index (χ1v) is 4.62. The number of hydrogen-bond donors (Lipinski definition) is 1. The lowest BCUT2D eigenvalue weighted by molar-refractivity contribution is 0.428. The Hall–Kier alpha value is -1.77. The minimum Gasteiger partial charge on any atom is -0.367 e. The Kier molecular flexibility index (Phi) is 2.23. The third-order valence-corrected chi connectivity index (χ3v) is 2.19. The van der Waals surface area contributed by atoms with Crippen molar-refractivity contribution in [1.82, 2.24) is 5.16 Å². The van der Waals surface area contributed by atoms with Gasteiger partial charge in [0, 0.05) is 0 Å². The van der Waals surface area contributed by atoms with Crippen LogP contribution in [0.2, 0.25) is 0 Å². The predicted octanol–water partition coefficient (Wildman–Crippen LogP) is 2.49. The molecule has 0 aliphatic carbocycles. The topological polar surface area (TPSA) is 52.0 Å². The molecule has 3 nitrogen and oxygen atoms in total. The highest BCUT2D eigenvalue weighted by molar-refractivity contribution is 5.74. The van der Waals surface area contributed by atoms with E-state index < -0.39 is 0 Å². The van der Waals surface area contributed by atoms with Gasteiger partial charge in [-0.1, -0.05) is 42.4 Å². The van der Waals surface area contributed by atoms with Gasteiger partial charge in [-0.3, -0.25) is 0 Å². The van der Waals surface area contributed by atoms with E-state index in [1.807, 2.05) is 37.3 Å². The van der Waals surface area contributed by atoms with Crippen molar-refractivity contribution < 1.29 is 4.52 Å². The smallest absolute Gasteiger partial charge is 0.230 e. The highest BCUT2D eigenvalue weighted by Gasteiger charge is 2.13. The van der Waals surface area contributed by atoms with Gasteiger partial charge < -0.3 is 10.3 Å². The van der Waals surface area contributed by atoms with E-state index in [2.05, 4.69) is 5.16 Å². The van der Waals surface area contributed by atoms with Crippen LogP contribution in [0.15, 0.2) is 34.9 Å². The summed E-state index contributed by atoms with van der Waals surface area (Å²) in [6, 6.07) is 9.92. The lowest BCUT2D eigenvalue weighted by Crippen LogP contribution is -1.88. The molecule has 0 aliphatic rings. The molecule has 0 atom stereocenters. The first kappa shape index (κ1) is 8.81. The Morgan fingerprint density at radius 2 is 2.00 bits per heavy atom. The Bertz CT molecular complexity index is 420. The highest BCUT2D eigenvalue weighted by atomic mass is 16.5. The molecule has 2 rings (SSSR count). The number of hydrogen-bond acceptors (Lipinski definition) is 3. The van der Waals surface area contributed by atoms with Crippen LogP contribution in [-0.4, -0.2) is 5.16 Å². The Labute approximate surface area is 82.5 Å². The molecule has 1 aromatic carbocycles. The largest absolute Gasteiger partial charge is 0.367 e. The van der Waals surface area contributed by atoms with Gasteiger partial charge in [0.05, 0.1) is 11.3 Å². The third kappa shape index (κ3) is 1.37. The van der Waals surface area contributed by atoms with Crippen LogP contribution in [0.3, 0.4) is 0 Å². The molecule has 72 valence electrons. The molecule has 2 N–H and O–H groups in total. The van der Waals surface area contributed by atoms with Gasteiger partial charge in [-0.05, 0) is 12.0 Å². The molecule has 0 aliphatic heterocycles. The Balaban J connectivity index is 2.55. The molecular weight excluding hydrogens is 176 g/mol. The average molecular weight is 188 g/mol. The Morgan fingerprint density at radius 1 is 1.29 bits per heavy atom. The van der Waals surface area contributed by atoms with Gasteiger partial charge in [-0.2, -0.15) is 0 Å². The zero-order valence-corrected chi connectivity index (χ0v) is 8.03. The van der Waals surface area contributed by atoms with E-state index in [0.29, 0.717) is 5.88 Å². The SMILES string of the molecule is CCc1noc(N)c1-c1ccccc1. The van der Waals surface area contributed by atoms with E-state index in [1.165, 1.54) is 0 Å². The maximum absolute atomic E-state index is 5.72. The summed E-state index contributed by atoms with van der Waals surface area (Å²) < 4.78 is 4.97. The number of benzene rings is 1. The van der Waals surface area contributed by atoms with Crippen LogP contribution in [0.4, 0.5) is 5.88 Å². The number of anilines is 1. The highest BCUT2D eigenvalue weighted by Crippen LogP contribution is 2.29. The van der Waals surface area contributed by atoms with Gasteiger partial charge in [0.25, 0.3) is 0 Å². The predicted molar refractivity (Wildman–Crippen MR) is 55.7 cm³/mol. The number of nitrogens with zero attached hydrogens (tertiary/aromatic N) is 1. The number of aromatic nitrogens is 1. The second-order valence-corrected chi connectivity index (χ2v) is 3.09. The lowest BCUT2D eigenvalue weighted by atomic mass is 10.0. The van der Waals surface area contributed by atoms with E-state index in [1.54, 1.807) is 0 Å². The molecule has 0 bridgehead atoms. The third-order valence-electron chi connectivity index (χ3n) is 2.19. The van der Waals surface area contributed by atoms with Gasteiger partial charge in [0.2, 0.25) is 5.88 Å². The molecule has 1 aromatic heterocycles. The molecule has 0 amide bonds. The van der Waals surface area contributed by atoms with Crippen molar-refractivity contribution in [2.75, 3.05) is 5.73 Å². The minimum absolute atomic E-state index is 0.396. The molecule has 0 spiro atoms. The quantitative estimate of drug-likeness (QED) is 0.787. The van der Waals surface area contributed by atoms with Crippen molar-refractivity contribution in [3.05, 3.63) is 36.0 Å². The normalized spacial score (nSPS) is 10.4. The molecule has 0 radical (unpaired) electrons. The fourth-order valence-corrected chi connectivity index (χ4v) is 1.49. The summed E-state index contributed by atoms with van der Waals surface area (Å²) in [5, 5.41) is 3.91. The van der Waals surface area contributed by atoms with Crippen molar-refractivity contribution in [1.29, 1.82) is 0 Å². The van der Waals surface area contributed by atoms with Crippen LogP contribution in [0.5, 0.6) is 0 Å². The molecule has 0 saturated carbocycles. The number of nitrogen functional groups attached to an aromatic ring is 1. The summed E-state index contributed by atoms with van der Waals surface area (Å²) in [5.74, 6) is 0.396. The second kappa shape index (κ2) is 3.54. The van der Waals surface area contributed by atoms with Crippen LogP contribution >= 0.6 is 0 Å². The molecule has 2 aromatic rings. The Morgan fingerprint density at radius 3 is 2.64 bits per heavy atom. The number of aryl methyl sites for hydroxylation is 1. The number of rotatable bonds is 2. The fraction of sp³-hybridized carbons (Fsp3) is 0.182. The van der Waals surface area contributed by atoms with Crippen molar-refractivity contribution >= 4 is 5.88 Å². The molecule has 3 heteroatoms. The van der Waals surface area contributed by atoms with E-state index in [-0.39, 0.29) is 0 Å². The van der Waals surface area contributed by atoms with E-state index in [9.17, 15) is 0 Å². The van der Waals surface area contributed by atoms with E-state index in [4.69, 9.17) is 10.3 Å². The maximum Gasteiger partial charge on any atom is 0.230 e. The summed E-state index contributed by atoms with van der Waals surface area (Å²) in [5.41, 5.74) is 8.61. The van der Waals surface area contributed by atoms with Gasteiger partial charge >= 0.3 is 0 Å². The van der Waals surface area contributed by atoms with Gasteiger partial charge in [-0.25, -0.2) is 0 Å². The molecular formula is C11H12N2O. The van der Waals surface area contributed by atoms with Crippen LogP contribution in [-0.2, 0) is 6.42 Å². The van der Waals surface area contributed by atoms with Crippen LogP contribution in [0, 0.1) is 0 Å². The molecule has 14 heavy (non-hydrogen) atoms. The van der Waals surface area contributed by atoms with Crippen molar-refractivity contribution in [3.8, 4) is 11.1 Å². The monoisotopic (exact) mass is 188 g/mol. The summed E-state index contributed by atoms with van der Waals surface area (Å²) in [7, 11) is 0. The zero-order chi connectivity index (χ0) is 9.97. The minimum atomic E-state index is 0.396. The summed E-state index contributed by atoms with van der Waals surface area (Å²) >= 11 is 0. The number of nitrogens with two attached hydrogens (primary N) is 1. The fourth-order valence-electron chi connectivity index (χ4n) is 1.49. The first-order valence-electron chi connectivity index (χ1n) is 4.62. The van der Waals surface area contributed by atoms with E-state index in [0.717, 1.165) is 23.2 Å². The first-order chi connectivity index (χ1) is 6.83. The van der Waals surface area contributed by atoms with E-state index >= 15 is 0 Å². The molecule has 0 fully saturated rings. The molecule has 0 saturated heterocycles. The average Bonchev–Trinajstić information content (AvgIpc) is 2.61. The van der Waals surface area contributed by atoms with Crippen LogP contribution in [0.25, 0.3) is 11.1 Å². The summed E-state index contributed by atoms with van der Waals surface area (Å²) in [6.45, 7) is 2.03. The lowest BCUT2D eigenvalue weighted by Gasteiger charge is -1.99. The zero-order valence-electron chi connectivity index (χ0n) is 8.03. The maximum atomic E-state index is 5.72. The summed E-state index contributed by atoms with van der Waals surface area (Å²) in [4.78, 5) is 0. The van der Waals surface area contributed by atoms with Crippen molar-refractivity contribution in [2.24, 2.45) is 0 Å². The molecule has 0 unspecified atom stereocenters. The van der Waals surface area contributed by atoms with Gasteiger partial charge in [0.1, 0.15) is 0 Å². The standard InChI is InChI=1S/C11H12N2O/c1-2-9-10(11(12)14-13-9)8-6-4-3-5-7-8/h3-7H,2,12H2,1H3. The van der Waals surface area contributed by atoms with Crippen LogP contribution < -0.4 is 5.73 Å². The van der Waals surface area contributed by atoms with Gasteiger partial charge in [0.15, 0.2) is 0 Å².